The fraction of sp³-hybridized carbons (Fsp3) is 0.391. The number of nitriles is 1. The van der Waals surface area contributed by atoms with E-state index in [1.165, 1.54) is 0 Å². The lowest BCUT2D eigenvalue weighted by Gasteiger charge is -2.40. The van der Waals surface area contributed by atoms with Gasteiger partial charge in [-0.05, 0) is 47.7 Å². The van der Waals surface area contributed by atoms with Gasteiger partial charge >= 0.3 is 0 Å². The van der Waals surface area contributed by atoms with Gasteiger partial charge in [0.15, 0.2) is 0 Å². The van der Waals surface area contributed by atoms with Gasteiger partial charge in [0.1, 0.15) is 0 Å². The summed E-state index contributed by atoms with van der Waals surface area (Å²) in [6.07, 6.45) is 0.827. The third-order valence-corrected chi connectivity index (χ3v) is 6.26. The zero-order valence-corrected chi connectivity index (χ0v) is 17.1. The molecule has 0 radical (unpaired) electrons. The summed E-state index contributed by atoms with van der Waals surface area (Å²) >= 11 is 6.04. The molecule has 1 fully saturated rings. The molecule has 2 aromatic rings. The maximum absolute atomic E-state index is 12.8. The number of benzene rings is 2. The number of halogens is 1. The Balaban J connectivity index is 1.84. The molecule has 0 spiro atoms. The van der Waals surface area contributed by atoms with Crippen LogP contribution in [0.2, 0.25) is 5.02 Å². The fourth-order valence-corrected chi connectivity index (χ4v) is 3.93. The highest BCUT2D eigenvalue weighted by Gasteiger charge is 2.42. The molecule has 0 aromatic heterocycles. The van der Waals surface area contributed by atoms with Crippen LogP contribution in [0, 0.1) is 16.7 Å². The van der Waals surface area contributed by atoms with Crippen LogP contribution in [0.5, 0.6) is 0 Å². The Morgan fingerprint density at radius 3 is 2.54 bits per heavy atom. The molecule has 1 saturated heterocycles. The first-order valence-electron chi connectivity index (χ1n) is 9.73. The molecule has 2 N–H and O–H groups in total. The first-order valence-corrected chi connectivity index (χ1v) is 10.1. The van der Waals surface area contributed by atoms with E-state index in [0.717, 1.165) is 30.6 Å². The van der Waals surface area contributed by atoms with Crippen molar-refractivity contribution < 1.29 is 4.79 Å². The quantitative estimate of drug-likeness (QED) is 0.737. The van der Waals surface area contributed by atoms with E-state index in [1.54, 1.807) is 6.07 Å². The van der Waals surface area contributed by atoms with Gasteiger partial charge in [0.2, 0.25) is 5.91 Å². The number of nitrogens with zero attached hydrogens (tertiary/aromatic N) is 1. The highest BCUT2D eigenvalue weighted by Crippen LogP contribution is 2.34. The van der Waals surface area contributed by atoms with Crippen LogP contribution in [-0.4, -0.2) is 25.5 Å². The van der Waals surface area contributed by atoms with Gasteiger partial charge in [0, 0.05) is 30.6 Å². The van der Waals surface area contributed by atoms with Crippen molar-refractivity contribution in [1.82, 2.24) is 10.6 Å². The Hall–Kier alpha value is -2.35. The molecule has 146 valence electrons. The third-order valence-electron chi connectivity index (χ3n) is 6.01. The van der Waals surface area contributed by atoms with Crippen LogP contribution >= 0.6 is 11.6 Å². The first-order chi connectivity index (χ1) is 13.5. The van der Waals surface area contributed by atoms with Gasteiger partial charge in [-0.1, -0.05) is 49.7 Å². The number of hydrogen-bond donors (Lipinski definition) is 2. The Bertz CT molecular complexity index is 863. The minimum Gasteiger partial charge on any atom is -0.355 e. The second kappa shape index (κ2) is 8.77. The van der Waals surface area contributed by atoms with Crippen molar-refractivity contribution >= 4 is 17.5 Å². The summed E-state index contributed by atoms with van der Waals surface area (Å²) < 4.78 is 0. The molecule has 5 heteroatoms. The summed E-state index contributed by atoms with van der Waals surface area (Å²) in [5.41, 5.74) is 2.55. The second-order valence-electron chi connectivity index (χ2n) is 7.63. The van der Waals surface area contributed by atoms with Crippen LogP contribution < -0.4 is 10.6 Å². The minimum absolute atomic E-state index is 0.0559. The molecule has 2 aromatic carbocycles. The van der Waals surface area contributed by atoms with Gasteiger partial charge in [-0.25, -0.2) is 0 Å². The largest absolute Gasteiger partial charge is 0.355 e. The predicted octanol–water partition coefficient (Wildman–Crippen LogP) is 4.21. The van der Waals surface area contributed by atoms with Gasteiger partial charge in [-0.2, -0.15) is 5.26 Å². The van der Waals surface area contributed by atoms with E-state index in [9.17, 15) is 10.1 Å². The van der Waals surface area contributed by atoms with Crippen molar-refractivity contribution in [3.63, 3.8) is 0 Å². The zero-order valence-electron chi connectivity index (χ0n) is 16.3. The molecular formula is C23H26ClN3O. The Labute approximate surface area is 171 Å². The van der Waals surface area contributed by atoms with Crippen LogP contribution in [0.15, 0.2) is 48.5 Å². The zero-order chi connectivity index (χ0) is 20.1. The van der Waals surface area contributed by atoms with Crippen LogP contribution in [-0.2, 0) is 4.79 Å². The summed E-state index contributed by atoms with van der Waals surface area (Å²) in [7, 11) is 0. The van der Waals surface area contributed by atoms with Crippen molar-refractivity contribution in [1.29, 1.82) is 5.26 Å². The molecule has 0 saturated carbocycles. The highest BCUT2D eigenvalue weighted by molar-refractivity contribution is 6.30. The smallest absolute Gasteiger partial charge is 0.228 e. The van der Waals surface area contributed by atoms with E-state index in [-0.39, 0.29) is 23.2 Å². The molecule has 1 aliphatic heterocycles. The van der Waals surface area contributed by atoms with Crippen molar-refractivity contribution in [2.45, 2.75) is 32.1 Å². The van der Waals surface area contributed by atoms with Gasteiger partial charge in [0.05, 0.1) is 17.0 Å². The summed E-state index contributed by atoms with van der Waals surface area (Å²) in [6, 6.07) is 17.7. The Morgan fingerprint density at radius 1 is 1.25 bits per heavy atom. The normalized spacial score (nSPS) is 17.1. The lowest BCUT2D eigenvalue weighted by Crippen LogP contribution is -2.61. The molecule has 0 aliphatic carbocycles. The van der Waals surface area contributed by atoms with E-state index < -0.39 is 0 Å². The van der Waals surface area contributed by atoms with Crippen LogP contribution in [0.4, 0.5) is 0 Å². The number of carbonyl (C=O) groups excluding carboxylic acids is 1. The van der Waals surface area contributed by atoms with E-state index in [4.69, 9.17) is 11.6 Å². The minimum atomic E-state index is -0.289. The van der Waals surface area contributed by atoms with E-state index in [1.807, 2.05) is 42.5 Å². The fourth-order valence-electron chi connectivity index (χ4n) is 3.81. The highest BCUT2D eigenvalue weighted by atomic mass is 35.5. The average Bonchev–Trinajstić information content (AvgIpc) is 2.68. The molecule has 2 unspecified atom stereocenters. The van der Waals surface area contributed by atoms with E-state index in [0.29, 0.717) is 17.1 Å². The number of nitrogens with one attached hydrogen (secondary N) is 2. The second-order valence-corrected chi connectivity index (χ2v) is 8.07. The summed E-state index contributed by atoms with van der Waals surface area (Å²) in [4.78, 5) is 12.8. The van der Waals surface area contributed by atoms with E-state index in [2.05, 4.69) is 30.6 Å². The van der Waals surface area contributed by atoms with Crippen molar-refractivity contribution in [2.24, 2.45) is 5.41 Å². The lowest BCUT2D eigenvalue weighted by molar-refractivity contribution is -0.134. The molecule has 2 atom stereocenters. The van der Waals surface area contributed by atoms with Gasteiger partial charge < -0.3 is 10.6 Å². The molecule has 28 heavy (non-hydrogen) atoms. The monoisotopic (exact) mass is 395 g/mol. The lowest BCUT2D eigenvalue weighted by atomic mass is 9.77. The number of hydrogen-bond acceptors (Lipinski definition) is 3. The molecule has 1 aliphatic rings. The molecule has 4 nitrogen and oxygen atoms in total. The van der Waals surface area contributed by atoms with Crippen molar-refractivity contribution in [3.05, 3.63) is 70.2 Å². The summed E-state index contributed by atoms with van der Waals surface area (Å²) in [5, 5.41) is 16.4. The summed E-state index contributed by atoms with van der Waals surface area (Å²) in [6.45, 7) is 6.21. The SMILES string of the molecule is CCC1(C(=O)NCC(c2cccc(C#N)c2)C(C)c2ccc(Cl)cc2)CNC1. The Kier molecular flexibility index (Phi) is 6.39. The van der Waals surface area contributed by atoms with Gasteiger partial charge in [-0.15, -0.1) is 0 Å². The van der Waals surface area contributed by atoms with Crippen molar-refractivity contribution in [2.75, 3.05) is 19.6 Å². The van der Waals surface area contributed by atoms with Crippen molar-refractivity contribution in [3.8, 4) is 6.07 Å². The van der Waals surface area contributed by atoms with Gasteiger partial charge in [-0.3, -0.25) is 4.79 Å². The van der Waals surface area contributed by atoms with Gasteiger partial charge in [0.25, 0.3) is 0 Å². The maximum atomic E-state index is 12.8. The predicted molar refractivity (Wildman–Crippen MR) is 112 cm³/mol. The third kappa shape index (κ3) is 4.22. The molecule has 3 rings (SSSR count). The topological polar surface area (TPSA) is 64.9 Å². The Morgan fingerprint density at radius 2 is 1.96 bits per heavy atom. The first kappa shape index (κ1) is 20.4. The van der Waals surface area contributed by atoms with Crippen LogP contribution in [0.3, 0.4) is 0 Å². The number of amides is 1. The van der Waals surface area contributed by atoms with Crippen LogP contribution in [0.25, 0.3) is 0 Å². The van der Waals surface area contributed by atoms with Crippen LogP contribution in [0.1, 0.15) is 48.8 Å². The number of rotatable bonds is 7. The van der Waals surface area contributed by atoms with E-state index >= 15 is 0 Å². The summed E-state index contributed by atoms with van der Waals surface area (Å²) in [5.74, 6) is 0.322. The molecule has 0 bridgehead atoms. The number of carbonyl (C=O) groups is 1. The standard InChI is InChI=1S/C23H26ClN3O/c1-3-23(14-26-15-23)22(28)27-13-21(19-6-4-5-17(11-19)12-25)16(2)18-7-9-20(24)10-8-18/h4-11,16,21,26H,3,13-15H2,1-2H3,(H,27,28). The average molecular weight is 396 g/mol. The molecule has 1 heterocycles. The molecule has 1 amide bonds. The maximum Gasteiger partial charge on any atom is 0.228 e. The molecular weight excluding hydrogens is 370 g/mol.